The number of rotatable bonds is 2. The molecule has 3 aromatic heterocycles. The Morgan fingerprint density at radius 3 is 2.71 bits per heavy atom. The predicted octanol–water partition coefficient (Wildman–Crippen LogP) is -0.328. The van der Waals surface area contributed by atoms with Gasteiger partial charge in [0.2, 0.25) is 0 Å². The molecule has 0 N–H and O–H groups in total. The molecule has 2 aliphatic rings. The van der Waals surface area contributed by atoms with Gasteiger partial charge in [0.15, 0.2) is 11.2 Å². The number of nitrogens with zero attached hydrogens (tertiary/aromatic N) is 6. The summed E-state index contributed by atoms with van der Waals surface area (Å²) in [5.74, 6) is 0.719. The Bertz CT molecular complexity index is 1260. The van der Waals surface area contributed by atoms with Gasteiger partial charge in [0.1, 0.15) is 0 Å². The first-order valence-corrected chi connectivity index (χ1v) is 9.47. The summed E-state index contributed by atoms with van der Waals surface area (Å²) in [6, 6.07) is 5.50. The lowest BCUT2D eigenvalue weighted by molar-refractivity contribution is 0.0946. The van der Waals surface area contributed by atoms with Crippen LogP contribution in [0.15, 0.2) is 38.9 Å². The van der Waals surface area contributed by atoms with Crippen molar-refractivity contribution in [2.45, 2.75) is 25.6 Å². The lowest BCUT2D eigenvalue weighted by atomic mass is 9.83. The summed E-state index contributed by atoms with van der Waals surface area (Å²) in [6.45, 7) is 2.96. The molecule has 2 atom stereocenters. The molecule has 0 aliphatic carbocycles. The maximum atomic E-state index is 12.7. The van der Waals surface area contributed by atoms with Crippen LogP contribution in [-0.2, 0) is 27.3 Å². The van der Waals surface area contributed by atoms with E-state index in [9.17, 15) is 14.4 Å². The van der Waals surface area contributed by atoms with Gasteiger partial charge in [0, 0.05) is 51.4 Å². The Morgan fingerprint density at radius 2 is 1.89 bits per heavy atom. The Hall–Kier alpha value is -2.94. The van der Waals surface area contributed by atoms with Crippen molar-refractivity contribution in [2.24, 2.45) is 20.0 Å². The summed E-state index contributed by atoms with van der Waals surface area (Å²) < 4.78 is 6.26. The van der Waals surface area contributed by atoms with E-state index in [-0.39, 0.29) is 16.8 Å². The van der Waals surface area contributed by atoms with Crippen molar-refractivity contribution in [2.75, 3.05) is 13.1 Å². The Morgan fingerprint density at radius 1 is 1.07 bits per heavy atom. The van der Waals surface area contributed by atoms with Crippen molar-refractivity contribution < 1.29 is 0 Å². The van der Waals surface area contributed by atoms with Crippen molar-refractivity contribution in [3.63, 3.8) is 0 Å². The first-order chi connectivity index (χ1) is 13.4. The molecule has 3 aromatic rings. The van der Waals surface area contributed by atoms with E-state index in [2.05, 4.69) is 9.88 Å². The number of hydrogen-bond donors (Lipinski definition) is 0. The van der Waals surface area contributed by atoms with E-state index in [4.69, 9.17) is 0 Å². The molecule has 0 amide bonds. The highest BCUT2D eigenvalue weighted by molar-refractivity contribution is 5.69. The van der Waals surface area contributed by atoms with Crippen LogP contribution in [0.4, 0.5) is 0 Å². The maximum absolute atomic E-state index is 12.7. The van der Waals surface area contributed by atoms with Gasteiger partial charge < -0.3 is 9.13 Å². The molecule has 5 heterocycles. The Kier molecular flexibility index (Phi) is 3.70. The summed E-state index contributed by atoms with van der Waals surface area (Å²) in [7, 11) is 3.11. The van der Waals surface area contributed by atoms with Crippen molar-refractivity contribution in [1.82, 2.24) is 28.2 Å². The second kappa shape index (κ2) is 6.03. The van der Waals surface area contributed by atoms with Crippen LogP contribution in [0.25, 0.3) is 11.2 Å². The van der Waals surface area contributed by atoms with Gasteiger partial charge in [-0.05, 0) is 18.4 Å². The van der Waals surface area contributed by atoms with Crippen LogP contribution in [0.3, 0.4) is 0 Å². The van der Waals surface area contributed by atoms with Crippen molar-refractivity contribution in [3.05, 3.63) is 61.4 Å². The first kappa shape index (κ1) is 17.2. The van der Waals surface area contributed by atoms with Gasteiger partial charge in [-0.25, -0.2) is 9.78 Å². The molecule has 28 heavy (non-hydrogen) atoms. The van der Waals surface area contributed by atoms with Crippen LogP contribution >= 0.6 is 0 Å². The van der Waals surface area contributed by atoms with Gasteiger partial charge in [-0.3, -0.25) is 23.6 Å². The number of imidazole rings is 1. The predicted molar refractivity (Wildman–Crippen MR) is 103 cm³/mol. The van der Waals surface area contributed by atoms with Crippen molar-refractivity contribution in [3.8, 4) is 0 Å². The molecule has 1 fully saturated rings. The van der Waals surface area contributed by atoms with Gasteiger partial charge in [0.05, 0.1) is 13.0 Å². The number of likely N-dealkylation sites (tertiary alicyclic amines) is 1. The molecule has 0 spiro atoms. The van der Waals surface area contributed by atoms with E-state index < -0.39 is 0 Å². The maximum Gasteiger partial charge on any atom is 0.332 e. The molecule has 146 valence electrons. The topological polar surface area (TPSA) is 87.1 Å². The highest BCUT2D eigenvalue weighted by atomic mass is 16.2. The van der Waals surface area contributed by atoms with Gasteiger partial charge >= 0.3 is 5.69 Å². The number of aromatic nitrogens is 5. The molecule has 0 saturated carbocycles. The zero-order valence-electron chi connectivity index (χ0n) is 15.9. The first-order valence-electron chi connectivity index (χ1n) is 9.47. The SMILES string of the molecule is Cn1c(=O)c2c(ncn2CN2CC3CC(C2)c2cccc(=O)n2C3)n(C)c1=O. The summed E-state index contributed by atoms with van der Waals surface area (Å²) in [5, 5.41) is 0. The number of hydrogen-bond acceptors (Lipinski definition) is 5. The molecule has 9 heteroatoms. The molecule has 5 rings (SSSR count). The quantitative estimate of drug-likeness (QED) is 0.606. The second-order valence-electron chi connectivity index (χ2n) is 7.97. The average Bonchev–Trinajstić information content (AvgIpc) is 3.09. The average molecular weight is 382 g/mol. The third-order valence-corrected chi connectivity index (χ3v) is 6.12. The fourth-order valence-corrected chi connectivity index (χ4v) is 4.83. The van der Waals surface area contributed by atoms with Crippen LogP contribution in [0, 0.1) is 5.92 Å². The van der Waals surface area contributed by atoms with Gasteiger partial charge in [-0.15, -0.1) is 0 Å². The molecule has 2 aliphatic heterocycles. The Balaban J connectivity index is 1.50. The minimum absolute atomic E-state index is 0.0747. The largest absolute Gasteiger partial charge is 0.332 e. The minimum Gasteiger partial charge on any atom is -0.312 e. The lowest BCUT2D eigenvalue weighted by Gasteiger charge is -2.42. The molecule has 0 radical (unpaired) electrons. The van der Waals surface area contributed by atoms with Gasteiger partial charge in [-0.1, -0.05) is 6.07 Å². The summed E-state index contributed by atoms with van der Waals surface area (Å²) >= 11 is 0. The third-order valence-electron chi connectivity index (χ3n) is 6.12. The molecule has 2 bridgehead atoms. The third kappa shape index (κ3) is 2.42. The van der Waals surface area contributed by atoms with Crippen molar-refractivity contribution >= 4 is 11.2 Å². The fourth-order valence-electron chi connectivity index (χ4n) is 4.83. The monoisotopic (exact) mass is 382 g/mol. The standard InChI is InChI=1S/C19H22N6O3/c1-21-17-16(18(27)22(2)19(21)28)24(10-20-17)11-23-7-12-6-13(9-23)14-4-3-5-15(26)25(14)8-12/h3-5,10,12-13H,6-9,11H2,1-2H3. The van der Waals surface area contributed by atoms with E-state index in [0.29, 0.717) is 29.7 Å². The smallest absolute Gasteiger partial charge is 0.312 e. The molecule has 2 unspecified atom stereocenters. The second-order valence-corrected chi connectivity index (χ2v) is 7.97. The van der Waals surface area contributed by atoms with E-state index in [1.54, 1.807) is 19.4 Å². The summed E-state index contributed by atoms with van der Waals surface area (Å²) in [5.41, 5.74) is 1.31. The molecule has 9 nitrogen and oxygen atoms in total. The summed E-state index contributed by atoms with van der Waals surface area (Å²) in [4.78, 5) is 43.6. The summed E-state index contributed by atoms with van der Waals surface area (Å²) in [6.07, 6.45) is 2.72. The molecule has 0 aromatic carbocycles. The van der Waals surface area contributed by atoms with Gasteiger partial charge in [0.25, 0.3) is 11.1 Å². The highest BCUT2D eigenvalue weighted by Gasteiger charge is 2.34. The lowest BCUT2D eigenvalue weighted by Crippen LogP contribution is -2.47. The van der Waals surface area contributed by atoms with E-state index in [1.165, 1.54) is 11.6 Å². The van der Waals surface area contributed by atoms with Crippen LogP contribution < -0.4 is 16.8 Å². The number of piperidine rings is 1. The molecule has 1 saturated heterocycles. The van der Waals surface area contributed by atoms with Gasteiger partial charge in [-0.2, -0.15) is 0 Å². The van der Waals surface area contributed by atoms with E-state index in [0.717, 1.165) is 36.3 Å². The normalized spacial score (nSPS) is 21.8. The number of pyridine rings is 1. The van der Waals surface area contributed by atoms with Crippen LogP contribution in [-0.4, -0.2) is 41.2 Å². The van der Waals surface area contributed by atoms with Crippen LogP contribution in [0.2, 0.25) is 0 Å². The van der Waals surface area contributed by atoms with Crippen LogP contribution in [0.1, 0.15) is 18.0 Å². The number of aryl methyl sites for hydroxylation is 1. The fraction of sp³-hybridized carbons (Fsp3) is 0.474. The van der Waals surface area contributed by atoms with E-state index >= 15 is 0 Å². The molecular formula is C19H22N6O3. The Labute approximate surface area is 160 Å². The van der Waals surface area contributed by atoms with E-state index in [1.807, 2.05) is 21.3 Å². The van der Waals surface area contributed by atoms with Crippen molar-refractivity contribution in [1.29, 1.82) is 0 Å². The number of fused-ring (bicyclic) bond motifs is 5. The zero-order valence-corrected chi connectivity index (χ0v) is 15.9. The minimum atomic E-state index is -0.377. The zero-order chi connectivity index (χ0) is 19.6. The van der Waals surface area contributed by atoms with Crippen LogP contribution in [0.5, 0.6) is 0 Å². The highest BCUT2D eigenvalue weighted by Crippen LogP contribution is 2.35. The molecular weight excluding hydrogens is 360 g/mol.